The van der Waals surface area contributed by atoms with E-state index >= 15 is 0 Å². The van der Waals surface area contributed by atoms with Gasteiger partial charge < -0.3 is 5.32 Å². The molecule has 0 radical (unpaired) electrons. The second-order valence-electron chi connectivity index (χ2n) is 6.19. The smallest absolute Gasteiger partial charge is 0.276 e. The van der Waals surface area contributed by atoms with Crippen LogP contribution in [0.5, 0.6) is 0 Å². The molecule has 1 aliphatic rings. The molecular weight excluding hydrogens is 250 g/mol. The van der Waals surface area contributed by atoms with Crippen LogP contribution in [0.1, 0.15) is 40.5 Å². The second kappa shape index (κ2) is 6.32. The molecule has 0 amide bonds. The quantitative estimate of drug-likeness (QED) is 0.674. The first-order chi connectivity index (χ1) is 8.23. The predicted molar refractivity (Wildman–Crippen MR) is 74.6 cm³/mol. The summed E-state index contributed by atoms with van der Waals surface area (Å²) in [5, 5.41) is 3.39. The van der Waals surface area contributed by atoms with Crippen LogP contribution in [0.3, 0.4) is 0 Å². The summed E-state index contributed by atoms with van der Waals surface area (Å²) < 4.78 is 28.7. The van der Waals surface area contributed by atoms with Gasteiger partial charge in [0.05, 0.1) is 0 Å². The molecule has 1 rings (SSSR count). The van der Waals surface area contributed by atoms with Crippen LogP contribution >= 0.6 is 0 Å². The number of piperidine rings is 1. The number of rotatable bonds is 6. The zero-order valence-corrected chi connectivity index (χ0v) is 12.7. The lowest BCUT2D eigenvalue weighted by atomic mass is 9.78. The van der Waals surface area contributed by atoms with Crippen molar-refractivity contribution in [3.8, 4) is 0 Å². The molecular formula is C12H27N3O2S. The Kier molecular flexibility index (Phi) is 5.58. The van der Waals surface area contributed by atoms with E-state index < -0.39 is 10.2 Å². The predicted octanol–water partition coefficient (Wildman–Crippen LogP) is 0.845. The number of hydrogen-bond donors (Lipinski definition) is 3. The van der Waals surface area contributed by atoms with Crippen LogP contribution < -0.4 is 14.8 Å². The third-order valence-electron chi connectivity index (χ3n) is 3.49. The summed E-state index contributed by atoms with van der Waals surface area (Å²) >= 11 is 0. The minimum Gasteiger partial charge on any atom is -0.312 e. The standard InChI is InChI=1S/C12H27N3O2S/c1-10(2)8-14-18(16,17)15-9-11-12(3,4)6-5-7-13-11/h10-11,13-15H,5-9H2,1-4H3. The van der Waals surface area contributed by atoms with E-state index in [4.69, 9.17) is 0 Å². The fourth-order valence-corrected chi connectivity index (χ4v) is 3.18. The normalized spacial score (nSPS) is 24.4. The molecule has 1 fully saturated rings. The highest BCUT2D eigenvalue weighted by molar-refractivity contribution is 7.87. The molecule has 1 atom stereocenters. The molecule has 6 heteroatoms. The summed E-state index contributed by atoms with van der Waals surface area (Å²) in [7, 11) is -3.37. The Morgan fingerprint density at radius 2 is 2.00 bits per heavy atom. The average Bonchev–Trinajstić information content (AvgIpc) is 2.25. The van der Waals surface area contributed by atoms with Crippen LogP contribution in [0.15, 0.2) is 0 Å². The maximum Gasteiger partial charge on any atom is 0.276 e. The Labute approximate surface area is 111 Å². The highest BCUT2D eigenvalue weighted by Gasteiger charge is 2.32. The van der Waals surface area contributed by atoms with Crippen LogP contribution in [-0.2, 0) is 10.2 Å². The molecule has 0 spiro atoms. The molecule has 108 valence electrons. The molecule has 3 N–H and O–H groups in total. The van der Waals surface area contributed by atoms with E-state index in [1.165, 1.54) is 0 Å². The first-order valence-electron chi connectivity index (χ1n) is 6.70. The lowest BCUT2D eigenvalue weighted by Crippen LogP contribution is -2.54. The molecule has 1 heterocycles. The van der Waals surface area contributed by atoms with Crippen molar-refractivity contribution in [1.29, 1.82) is 0 Å². The van der Waals surface area contributed by atoms with Crippen molar-refractivity contribution in [3.63, 3.8) is 0 Å². The third-order valence-corrected chi connectivity index (χ3v) is 4.58. The van der Waals surface area contributed by atoms with Crippen LogP contribution in [0.4, 0.5) is 0 Å². The largest absolute Gasteiger partial charge is 0.312 e. The summed E-state index contributed by atoms with van der Waals surface area (Å²) in [4.78, 5) is 0. The van der Waals surface area contributed by atoms with Gasteiger partial charge in [-0.15, -0.1) is 0 Å². The van der Waals surface area contributed by atoms with Crippen molar-refractivity contribution >= 4 is 10.2 Å². The minimum absolute atomic E-state index is 0.138. The molecule has 0 bridgehead atoms. The van der Waals surface area contributed by atoms with Crippen LogP contribution in [0.2, 0.25) is 0 Å². The topological polar surface area (TPSA) is 70.2 Å². The third kappa shape index (κ3) is 5.22. The van der Waals surface area contributed by atoms with Gasteiger partial charge in [-0.1, -0.05) is 27.7 Å². The maximum absolute atomic E-state index is 11.7. The van der Waals surface area contributed by atoms with Gasteiger partial charge in [-0.05, 0) is 30.7 Å². The van der Waals surface area contributed by atoms with E-state index in [2.05, 4.69) is 28.6 Å². The van der Waals surface area contributed by atoms with Crippen LogP contribution in [0.25, 0.3) is 0 Å². The molecule has 1 unspecified atom stereocenters. The number of nitrogens with one attached hydrogen (secondary N) is 3. The SMILES string of the molecule is CC(C)CNS(=O)(=O)NCC1NCCCC1(C)C. The van der Waals surface area contributed by atoms with Crippen molar-refractivity contribution < 1.29 is 8.42 Å². The van der Waals surface area contributed by atoms with Gasteiger partial charge in [-0.2, -0.15) is 8.42 Å². The minimum atomic E-state index is -3.37. The first kappa shape index (κ1) is 15.9. The van der Waals surface area contributed by atoms with Gasteiger partial charge in [0.1, 0.15) is 0 Å². The average molecular weight is 277 g/mol. The Hall–Kier alpha value is -0.170. The molecule has 0 aliphatic carbocycles. The van der Waals surface area contributed by atoms with E-state index in [0.717, 1.165) is 19.4 Å². The fourth-order valence-electron chi connectivity index (χ4n) is 2.14. The van der Waals surface area contributed by atoms with Crippen molar-refractivity contribution in [2.75, 3.05) is 19.6 Å². The fraction of sp³-hybridized carbons (Fsp3) is 1.00. The van der Waals surface area contributed by atoms with Gasteiger partial charge >= 0.3 is 0 Å². The van der Waals surface area contributed by atoms with Crippen molar-refractivity contribution in [2.24, 2.45) is 11.3 Å². The Bertz CT molecular complexity index is 352. The molecule has 1 aliphatic heterocycles. The lowest BCUT2D eigenvalue weighted by molar-refractivity contribution is 0.181. The van der Waals surface area contributed by atoms with Crippen molar-refractivity contribution in [3.05, 3.63) is 0 Å². The Balaban J connectivity index is 2.43. The highest BCUT2D eigenvalue weighted by Crippen LogP contribution is 2.29. The monoisotopic (exact) mass is 277 g/mol. The van der Waals surface area contributed by atoms with Gasteiger partial charge in [0.15, 0.2) is 0 Å². The van der Waals surface area contributed by atoms with Gasteiger partial charge in [0.2, 0.25) is 0 Å². The summed E-state index contributed by atoms with van der Waals surface area (Å²) in [6.07, 6.45) is 2.29. The van der Waals surface area contributed by atoms with E-state index in [1.54, 1.807) is 0 Å². The van der Waals surface area contributed by atoms with Gasteiger partial charge in [0, 0.05) is 19.1 Å². The zero-order valence-electron chi connectivity index (χ0n) is 11.9. The lowest BCUT2D eigenvalue weighted by Gasteiger charge is -2.39. The summed E-state index contributed by atoms with van der Waals surface area (Å²) in [5.74, 6) is 0.311. The van der Waals surface area contributed by atoms with Gasteiger partial charge in [0.25, 0.3) is 10.2 Å². The van der Waals surface area contributed by atoms with Gasteiger partial charge in [-0.3, -0.25) is 0 Å². The van der Waals surface area contributed by atoms with Crippen LogP contribution in [0, 0.1) is 11.3 Å². The van der Waals surface area contributed by atoms with Gasteiger partial charge in [-0.25, -0.2) is 9.44 Å². The molecule has 18 heavy (non-hydrogen) atoms. The van der Waals surface area contributed by atoms with E-state index in [9.17, 15) is 8.42 Å². The molecule has 0 aromatic heterocycles. The van der Waals surface area contributed by atoms with Crippen molar-refractivity contribution in [2.45, 2.75) is 46.6 Å². The number of hydrogen-bond acceptors (Lipinski definition) is 3. The van der Waals surface area contributed by atoms with E-state index in [0.29, 0.717) is 19.0 Å². The molecule has 0 aromatic rings. The van der Waals surface area contributed by atoms with Crippen molar-refractivity contribution in [1.82, 2.24) is 14.8 Å². The van der Waals surface area contributed by atoms with E-state index in [1.807, 2.05) is 13.8 Å². The Morgan fingerprint density at radius 1 is 1.33 bits per heavy atom. The highest BCUT2D eigenvalue weighted by atomic mass is 32.2. The molecule has 5 nitrogen and oxygen atoms in total. The first-order valence-corrected chi connectivity index (χ1v) is 8.19. The van der Waals surface area contributed by atoms with E-state index in [-0.39, 0.29) is 11.5 Å². The maximum atomic E-state index is 11.7. The summed E-state index contributed by atoms with van der Waals surface area (Å²) in [6, 6.07) is 0.196. The van der Waals surface area contributed by atoms with Crippen LogP contribution in [-0.4, -0.2) is 34.1 Å². The summed E-state index contributed by atoms with van der Waals surface area (Å²) in [5.41, 5.74) is 0.138. The Morgan fingerprint density at radius 3 is 2.56 bits per heavy atom. The zero-order chi connectivity index (χ0) is 13.8. The molecule has 1 saturated heterocycles. The molecule has 0 saturated carbocycles. The molecule has 0 aromatic carbocycles. The summed E-state index contributed by atoms with van der Waals surface area (Å²) in [6.45, 7) is 10.2. The second-order valence-corrected chi connectivity index (χ2v) is 7.78.